The minimum atomic E-state index is 0.621. The van der Waals surface area contributed by atoms with E-state index in [2.05, 4.69) is 217 Å². The number of fused-ring (bicyclic) bond motifs is 5. The second-order valence-corrected chi connectivity index (χ2v) is 14.8. The average Bonchev–Trinajstić information content (AvgIpc) is 3.75. The van der Waals surface area contributed by atoms with Gasteiger partial charge in [0.05, 0.1) is 0 Å². The van der Waals surface area contributed by atoms with Gasteiger partial charge in [0.2, 0.25) is 5.89 Å². The first-order valence-electron chi connectivity index (χ1n) is 19.7. The van der Waals surface area contributed by atoms with Crippen LogP contribution in [0.2, 0.25) is 0 Å². The highest BCUT2D eigenvalue weighted by Crippen LogP contribution is 2.42. The van der Waals surface area contributed by atoms with Crippen molar-refractivity contribution in [3.05, 3.63) is 218 Å². The molecule has 0 radical (unpaired) electrons. The van der Waals surface area contributed by atoms with Gasteiger partial charge < -0.3 is 9.32 Å². The normalized spacial score (nSPS) is 11.4. The van der Waals surface area contributed by atoms with Crippen molar-refractivity contribution in [2.75, 3.05) is 4.90 Å². The number of rotatable bonds is 7. The Morgan fingerprint density at radius 1 is 0.328 bits per heavy atom. The van der Waals surface area contributed by atoms with Crippen LogP contribution in [0.3, 0.4) is 0 Å². The van der Waals surface area contributed by atoms with Crippen LogP contribution < -0.4 is 4.90 Å². The molecule has 0 aliphatic heterocycles. The minimum Gasteiger partial charge on any atom is -0.435 e. The van der Waals surface area contributed by atoms with Gasteiger partial charge in [-0.15, -0.1) is 0 Å². The molecule has 0 unspecified atom stereocenters. The standard InChI is InChI=1S/C55H36N2O/c1-3-12-37(13-4-1)38-22-24-41(25-23-38)55-56-53-33-29-43-34-44(28-32-51(43)54(53)58-55)52-36-47(35-42-15-8-10-20-50(42)52)57(45-17-5-2-6-18-45)46-30-26-40(27-31-46)49-21-11-16-39-14-7-9-19-48(39)49/h1-36H. The van der Waals surface area contributed by atoms with E-state index in [1.165, 1.54) is 43.8 Å². The molecule has 0 N–H and O–H groups in total. The van der Waals surface area contributed by atoms with Gasteiger partial charge in [0.25, 0.3) is 0 Å². The van der Waals surface area contributed by atoms with Crippen LogP contribution in [0.1, 0.15) is 0 Å². The molecular formula is C55H36N2O. The Morgan fingerprint density at radius 3 is 1.71 bits per heavy atom. The predicted octanol–water partition coefficient (Wildman–Crippen LogP) is 15.4. The van der Waals surface area contributed by atoms with Crippen molar-refractivity contribution in [2.24, 2.45) is 0 Å². The van der Waals surface area contributed by atoms with E-state index in [9.17, 15) is 0 Å². The number of para-hydroxylation sites is 1. The second-order valence-electron chi connectivity index (χ2n) is 14.8. The number of hydrogen-bond donors (Lipinski definition) is 0. The molecule has 11 aromatic rings. The maximum Gasteiger partial charge on any atom is 0.227 e. The third kappa shape index (κ3) is 5.98. The smallest absolute Gasteiger partial charge is 0.227 e. The molecular weight excluding hydrogens is 705 g/mol. The van der Waals surface area contributed by atoms with Gasteiger partial charge in [-0.1, -0.05) is 152 Å². The zero-order chi connectivity index (χ0) is 38.4. The van der Waals surface area contributed by atoms with Crippen LogP contribution in [-0.2, 0) is 0 Å². The highest BCUT2D eigenvalue weighted by Gasteiger charge is 2.18. The Bertz CT molecular complexity index is 3250. The fourth-order valence-corrected chi connectivity index (χ4v) is 8.40. The molecule has 11 rings (SSSR count). The molecule has 1 heterocycles. The Hall–Kier alpha value is -7.75. The molecule has 10 aromatic carbocycles. The van der Waals surface area contributed by atoms with Gasteiger partial charge in [-0.25, -0.2) is 4.98 Å². The summed E-state index contributed by atoms with van der Waals surface area (Å²) in [5.74, 6) is 0.621. The van der Waals surface area contributed by atoms with E-state index >= 15 is 0 Å². The zero-order valence-electron chi connectivity index (χ0n) is 31.6. The Labute approximate surface area is 336 Å². The predicted molar refractivity (Wildman–Crippen MR) is 243 cm³/mol. The van der Waals surface area contributed by atoms with Crippen LogP contribution in [-0.4, -0.2) is 4.98 Å². The largest absolute Gasteiger partial charge is 0.435 e. The lowest BCUT2D eigenvalue weighted by Gasteiger charge is -2.27. The third-order valence-corrected chi connectivity index (χ3v) is 11.3. The van der Waals surface area contributed by atoms with Gasteiger partial charge in [-0.2, -0.15) is 0 Å². The number of oxazole rings is 1. The van der Waals surface area contributed by atoms with Crippen LogP contribution >= 0.6 is 0 Å². The van der Waals surface area contributed by atoms with Crippen molar-refractivity contribution >= 4 is 60.5 Å². The van der Waals surface area contributed by atoms with Crippen LogP contribution in [0.25, 0.3) is 88.3 Å². The highest BCUT2D eigenvalue weighted by molar-refractivity contribution is 6.07. The number of benzene rings is 10. The van der Waals surface area contributed by atoms with Gasteiger partial charge in [-0.3, -0.25) is 0 Å². The molecule has 1 aromatic heterocycles. The van der Waals surface area contributed by atoms with E-state index in [0.717, 1.165) is 55.6 Å². The van der Waals surface area contributed by atoms with Crippen molar-refractivity contribution in [3.63, 3.8) is 0 Å². The molecule has 272 valence electrons. The Kier molecular flexibility index (Phi) is 8.15. The third-order valence-electron chi connectivity index (χ3n) is 11.3. The summed E-state index contributed by atoms with van der Waals surface area (Å²) in [6, 6.07) is 77.8. The molecule has 3 nitrogen and oxygen atoms in total. The molecule has 0 spiro atoms. The first-order chi connectivity index (χ1) is 28.7. The summed E-state index contributed by atoms with van der Waals surface area (Å²) < 4.78 is 6.52. The first kappa shape index (κ1) is 33.6. The molecule has 0 fully saturated rings. The van der Waals surface area contributed by atoms with Crippen molar-refractivity contribution in [1.82, 2.24) is 4.98 Å². The lowest BCUT2D eigenvalue weighted by atomic mass is 9.94. The fraction of sp³-hybridized carbons (Fsp3) is 0. The quantitative estimate of drug-likeness (QED) is 0.163. The Balaban J connectivity index is 0.992. The molecule has 58 heavy (non-hydrogen) atoms. The van der Waals surface area contributed by atoms with E-state index in [-0.39, 0.29) is 0 Å². The van der Waals surface area contributed by atoms with Crippen LogP contribution in [0.4, 0.5) is 17.1 Å². The lowest BCUT2D eigenvalue weighted by Crippen LogP contribution is -2.10. The Morgan fingerprint density at radius 2 is 0.914 bits per heavy atom. The van der Waals surface area contributed by atoms with Crippen LogP contribution in [0.15, 0.2) is 223 Å². The van der Waals surface area contributed by atoms with Crippen molar-refractivity contribution < 1.29 is 4.42 Å². The van der Waals surface area contributed by atoms with Gasteiger partial charge in [0, 0.05) is 28.0 Å². The van der Waals surface area contributed by atoms with Crippen molar-refractivity contribution in [1.29, 1.82) is 0 Å². The fourth-order valence-electron chi connectivity index (χ4n) is 8.40. The van der Waals surface area contributed by atoms with E-state index in [0.29, 0.717) is 5.89 Å². The molecule has 3 heteroatoms. The molecule has 0 atom stereocenters. The molecule has 0 saturated heterocycles. The second kappa shape index (κ2) is 14.1. The van der Waals surface area contributed by atoms with Crippen molar-refractivity contribution in [3.8, 4) is 44.8 Å². The maximum atomic E-state index is 6.52. The van der Waals surface area contributed by atoms with E-state index in [1.54, 1.807) is 0 Å². The molecule has 0 saturated carbocycles. The van der Waals surface area contributed by atoms with Crippen molar-refractivity contribution in [2.45, 2.75) is 0 Å². The summed E-state index contributed by atoms with van der Waals surface area (Å²) in [7, 11) is 0. The monoisotopic (exact) mass is 740 g/mol. The summed E-state index contributed by atoms with van der Waals surface area (Å²) in [6.07, 6.45) is 0. The summed E-state index contributed by atoms with van der Waals surface area (Å²) in [5.41, 5.74) is 13.0. The molecule has 0 amide bonds. The zero-order valence-corrected chi connectivity index (χ0v) is 31.6. The molecule has 0 aliphatic carbocycles. The van der Waals surface area contributed by atoms with E-state index in [4.69, 9.17) is 9.40 Å². The van der Waals surface area contributed by atoms with Gasteiger partial charge in [0.15, 0.2) is 5.58 Å². The lowest BCUT2D eigenvalue weighted by molar-refractivity contribution is 0.623. The summed E-state index contributed by atoms with van der Waals surface area (Å²) in [6.45, 7) is 0. The number of anilines is 3. The number of nitrogens with zero attached hydrogens (tertiary/aromatic N) is 2. The van der Waals surface area contributed by atoms with Gasteiger partial charge in [0.1, 0.15) is 5.52 Å². The topological polar surface area (TPSA) is 29.3 Å². The number of aromatic nitrogens is 1. The highest BCUT2D eigenvalue weighted by atomic mass is 16.3. The summed E-state index contributed by atoms with van der Waals surface area (Å²) >= 11 is 0. The van der Waals surface area contributed by atoms with E-state index < -0.39 is 0 Å². The van der Waals surface area contributed by atoms with E-state index in [1.807, 2.05) is 6.07 Å². The van der Waals surface area contributed by atoms with Crippen LogP contribution in [0, 0.1) is 0 Å². The first-order valence-corrected chi connectivity index (χ1v) is 19.7. The maximum absolute atomic E-state index is 6.52. The number of hydrogen-bond acceptors (Lipinski definition) is 3. The van der Waals surface area contributed by atoms with Gasteiger partial charge in [-0.05, 0) is 127 Å². The SMILES string of the molecule is c1ccc(-c2ccc(-c3nc4ccc5cc(-c6cc(N(c7ccccc7)c7ccc(-c8cccc9ccccc89)cc7)cc7ccccc67)ccc5c4o3)cc2)cc1. The summed E-state index contributed by atoms with van der Waals surface area (Å²) in [4.78, 5) is 7.27. The summed E-state index contributed by atoms with van der Waals surface area (Å²) in [5, 5.41) is 7.02. The van der Waals surface area contributed by atoms with Gasteiger partial charge >= 0.3 is 0 Å². The molecule has 0 bridgehead atoms. The van der Waals surface area contributed by atoms with Crippen LogP contribution in [0.5, 0.6) is 0 Å². The average molecular weight is 741 g/mol. The minimum absolute atomic E-state index is 0.621. The molecule has 0 aliphatic rings.